The Bertz CT molecular complexity index is 700. The van der Waals surface area contributed by atoms with Crippen molar-refractivity contribution in [1.82, 2.24) is 4.90 Å². The first kappa shape index (κ1) is 18.0. The van der Waals surface area contributed by atoms with Crippen molar-refractivity contribution < 1.29 is 9.84 Å². The van der Waals surface area contributed by atoms with Gasteiger partial charge in [-0.3, -0.25) is 4.90 Å². The van der Waals surface area contributed by atoms with Crippen LogP contribution in [0.4, 0.5) is 0 Å². The molecule has 134 valence electrons. The van der Waals surface area contributed by atoms with Crippen LogP contribution < -0.4 is 4.74 Å². The van der Waals surface area contributed by atoms with Crippen molar-refractivity contribution in [1.29, 1.82) is 0 Å². The van der Waals surface area contributed by atoms with Gasteiger partial charge in [-0.25, -0.2) is 0 Å². The normalized spacial score (nSPS) is 21.2. The van der Waals surface area contributed by atoms with E-state index in [0.717, 1.165) is 44.6 Å². The summed E-state index contributed by atoms with van der Waals surface area (Å²) in [7, 11) is 1.71. The Morgan fingerprint density at radius 3 is 2.76 bits per heavy atom. The molecule has 1 aliphatic heterocycles. The fraction of sp³-hybridized carbons (Fsp3) is 0.455. The number of aliphatic hydroxyl groups excluding tert-OH is 1. The van der Waals surface area contributed by atoms with Gasteiger partial charge >= 0.3 is 0 Å². The highest BCUT2D eigenvalue weighted by Gasteiger charge is 2.35. The third-order valence-electron chi connectivity index (χ3n) is 5.44. The summed E-state index contributed by atoms with van der Waals surface area (Å²) in [6.45, 7) is 5.35. The average molecular weight is 339 g/mol. The lowest BCUT2D eigenvalue weighted by Crippen LogP contribution is -2.46. The molecule has 1 N–H and O–H groups in total. The molecule has 25 heavy (non-hydrogen) atoms. The second kappa shape index (κ2) is 8.03. The first-order valence-corrected chi connectivity index (χ1v) is 9.15. The van der Waals surface area contributed by atoms with Crippen molar-refractivity contribution in [2.45, 2.75) is 32.7 Å². The number of ether oxygens (including phenoxy) is 1. The van der Waals surface area contributed by atoms with E-state index < -0.39 is 0 Å². The lowest BCUT2D eigenvalue weighted by atomic mass is 9.75. The smallest absolute Gasteiger partial charge is 0.119 e. The van der Waals surface area contributed by atoms with Crippen LogP contribution in [0.3, 0.4) is 0 Å². The number of aryl methyl sites for hydroxylation is 1. The van der Waals surface area contributed by atoms with Crippen LogP contribution in [0, 0.1) is 12.3 Å². The zero-order valence-electron chi connectivity index (χ0n) is 15.4. The first-order chi connectivity index (χ1) is 12.1. The highest BCUT2D eigenvalue weighted by Crippen LogP contribution is 2.35. The van der Waals surface area contributed by atoms with Crippen molar-refractivity contribution >= 4 is 0 Å². The molecular formula is C22H29NO2. The Labute approximate surface area is 151 Å². The third kappa shape index (κ3) is 4.42. The summed E-state index contributed by atoms with van der Waals surface area (Å²) in [6, 6.07) is 16.8. The molecule has 2 aromatic carbocycles. The van der Waals surface area contributed by atoms with Gasteiger partial charge in [-0.15, -0.1) is 0 Å². The lowest BCUT2D eigenvalue weighted by Gasteiger charge is -2.42. The van der Waals surface area contributed by atoms with Gasteiger partial charge < -0.3 is 9.84 Å². The van der Waals surface area contributed by atoms with E-state index in [0.29, 0.717) is 0 Å². The molecular weight excluding hydrogens is 310 g/mol. The molecule has 0 unspecified atom stereocenters. The summed E-state index contributed by atoms with van der Waals surface area (Å²) >= 11 is 0. The Morgan fingerprint density at radius 2 is 2.00 bits per heavy atom. The number of hydrogen-bond donors (Lipinski definition) is 1. The molecule has 0 amide bonds. The Balaban J connectivity index is 1.72. The fourth-order valence-corrected chi connectivity index (χ4v) is 4.02. The molecule has 1 fully saturated rings. The van der Waals surface area contributed by atoms with Gasteiger partial charge in [0.15, 0.2) is 0 Å². The number of nitrogens with zero attached hydrogens (tertiary/aromatic N) is 1. The summed E-state index contributed by atoms with van der Waals surface area (Å²) in [5, 5.41) is 10.2. The number of methoxy groups -OCH3 is 1. The van der Waals surface area contributed by atoms with E-state index in [1.165, 1.54) is 16.7 Å². The fourth-order valence-electron chi connectivity index (χ4n) is 4.02. The molecule has 0 bridgehead atoms. The van der Waals surface area contributed by atoms with Crippen molar-refractivity contribution in [2.24, 2.45) is 5.41 Å². The highest BCUT2D eigenvalue weighted by molar-refractivity contribution is 5.29. The zero-order chi connectivity index (χ0) is 17.7. The van der Waals surface area contributed by atoms with Gasteiger partial charge in [-0.2, -0.15) is 0 Å². The minimum atomic E-state index is -0.0385. The number of benzene rings is 2. The minimum Gasteiger partial charge on any atom is -0.497 e. The van der Waals surface area contributed by atoms with Crippen LogP contribution in [-0.4, -0.2) is 36.8 Å². The minimum absolute atomic E-state index is 0.0385. The maximum absolute atomic E-state index is 10.2. The van der Waals surface area contributed by atoms with E-state index in [1.807, 2.05) is 12.1 Å². The number of likely N-dealkylation sites (tertiary alicyclic amines) is 1. The SMILES string of the molecule is COc1cccc(CN2CCC[C@@](CO)(Cc3ccccc3C)C2)c1. The quantitative estimate of drug-likeness (QED) is 0.868. The second-order valence-corrected chi connectivity index (χ2v) is 7.43. The Hall–Kier alpha value is -1.84. The van der Waals surface area contributed by atoms with E-state index in [2.05, 4.69) is 48.2 Å². The van der Waals surface area contributed by atoms with Crippen molar-refractivity contribution in [3.63, 3.8) is 0 Å². The summed E-state index contributed by atoms with van der Waals surface area (Å²) in [4.78, 5) is 2.48. The van der Waals surface area contributed by atoms with E-state index in [4.69, 9.17) is 4.74 Å². The number of rotatable bonds is 6. The van der Waals surface area contributed by atoms with Crippen LogP contribution >= 0.6 is 0 Å². The van der Waals surface area contributed by atoms with Crippen molar-refractivity contribution in [3.05, 3.63) is 65.2 Å². The van der Waals surface area contributed by atoms with Gasteiger partial charge in [0.2, 0.25) is 0 Å². The molecule has 0 radical (unpaired) electrons. The molecule has 3 nitrogen and oxygen atoms in total. The zero-order valence-corrected chi connectivity index (χ0v) is 15.4. The van der Waals surface area contributed by atoms with E-state index >= 15 is 0 Å². The van der Waals surface area contributed by atoms with Crippen LogP contribution in [-0.2, 0) is 13.0 Å². The standard InChI is InChI=1S/C22H29NO2/c1-18-7-3-4-9-20(18)14-22(17-24)11-6-12-23(16-22)15-19-8-5-10-21(13-19)25-2/h3-5,7-10,13,24H,6,11-12,14-17H2,1-2H3/t22-/m1/s1. The monoisotopic (exact) mass is 339 g/mol. The predicted molar refractivity (Wildman–Crippen MR) is 102 cm³/mol. The molecule has 0 aromatic heterocycles. The third-order valence-corrected chi connectivity index (χ3v) is 5.44. The summed E-state index contributed by atoms with van der Waals surface area (Å²) in [6.07, 6.45) is 3.17. The largest absolute Gasteiger partial charge is 0.497 e. The molecule has 1 saturated heterocycles. The molecule has 0 aliphatic carbocycles. The molecule has 0 spiro atoms. The van der Waals surface area contributed by atoms with Gasteiger partial charge in [-0.05, 0) is 61.6 Å². The van der Waals surface area contributed by atoms with Crippen molar-refractivity contribution in [3.8, 4) is 5.75 Å². The van der Waals surface area contributed by atoms with Gasteiger partial charge in [0.1, 0.15) is 5.75 Å². The lowest BCUT2D eigenvalue weighted by molar-refractivity contribution is 0.0287. The van der Waals surface area contributed by atoms with Crippen LogP contribution in [0.1, 0.15) is 29.5 Å². The summed E-state index contributed by atoms with van der Waals surface area (Å²) in [5.41, 5.74) is 3.91. The number of piperidine rings is 1. The molecule has 1 heterocycles. The van der Waals surface area contributed by atoms with E-state index in [9.17, 15) is 5.11 Å². The van der Waals surface area contributed by atoms with Gasteiger partial charge in [0.25, 0.3) is 0 Å². The molecule has 3 heteroatoms. The van der Waals surface area contributed by atoms with E-state index in [-0.39, 0.29) is 12.0 Å². The topological polar surface area (TPSA) is 32.7 Å². The van der Waals surface area contributed by atoms with Gasteiger partial charge in [0.05, 0.1) is 13.7 Å². The molecule has 1 aliphatic rings. The molecule has 3 rings (SSSR count). The van der Waals surface area contributed by atoms with Crippen molar-refractivity contribution in [2.75, 3.05) is 26.8 Å². The predicted octanol–water partition coefficient (Wildman–Crippen LogP) is 3.82. The molecule has 0 saturated carbocycles. The maximum atomic E-state index is 10.2. The van der Waals surface area contributed by atoms with Crippen LogP contribution in [0.2, 0.25) is 0 Å². The maximum Gasteiger partial charge on any atom is 0.119 e. The Morgan fingerprint density at radius 1 is 1.16 bits per heavy atom. The van der Waals surface area contributed by atoms with Gasteiger partial charge in [-0.1, -0.05) is 36.4 Å². The first-order valence-electron chi connectivity index (χ1n) is 9.15. The highest BCUT2D eigenvalue weighted by atomic mass is 16.5. The molecule has 1 atom stereocenters. The summed E-state index contributed by atoms with van der Waals surface area (Å²) in [5.74, 6) is 0.905. The van der Waals surface area contributed by atoms with Crippen LogP contribution in [0.15, 0.2) is 48.5 Å². The van der Waals surface area contributed by atoms with E-state index in [1.54, 1.807) is 7.11 Å². The second-order valence-electron chi connectivity index (χ2n) is 7.43. The number of hydrogen-bond acceptors (Lipinski definition) is 3. The van der Waals surface area contributed by atoms with Crippen LogP contribution in [0.25, 0.3) is 0 Å². The average Bonchev–Trinajstić information content (AvgIpc) is 2.64. The number of aliphatic hydroxyl groups is 1. The summed E-state index contributed by atoms with van der Waals surface area (Å²) < 4.78 is 5.34. The van der Waals surface area contributed by atoms with Crippen LogP contribution in [0.5, 0.6) is 5.75 Å². The van der Waals surface area contributed by atoms with Gasteiger partial charge in [0, 0.05) is 18.5 Å². The molecule has 2 aromatic rings. The Kier molecular flexibility index (Phi) is 5.77.